The van der Waals surface area contributed by atoms with Crippen molar-refractivity contribution in [2.24, 2.45) is 7.05 Å². The predicted molar refractivity (Wildman–Crippen MR) is 54.7 cm³/mol. The third-order valence-corrected chi connectivity index (χ3v) is 2.22. The zero-order chi connectivity index (χ0) is 9.97. The highest BCUT2D eigenvalue weighted by Crippen LogP contribution is 2.12. The number of nitrogen functional groups attached to an aromatic ring is 1. The molecule has 14 heavy (non-hydrogen) atoms. The standard InChI is InChI=1S/C10H12N4/c1-14-9(4-6-13-14)7-8-3-2-5-12-10(8)11/h2-6H,7H2,1H3,(H2,11,12). The molecule has 2 heterocycles. The van der Waals surface area contributed by atoms with Gasteiger partial charge in [0.25, 0.3) is 0 Å². The molecule has 72 valence electrons. The molecular weight excluding hydrogens is 176 g/mol. The Bertz CT molecular complexity index is 433. The Kier molecular flexibility index (Phi) is 2.18. The Hall–Kier alpha value is -1.84. The first-order valence-electron chi connectivity index (χ1n) is 4.43. The summed E-state index contributed by atoms with van der Waals surface area (Å²) < 4.78 is 1.84. The maximum Gasteiger partial charge on any atom is 0.126 e. The van der Waals surface area contributed by atoms with E-state index in [1.807, 2.05) is 29.9 Å². The summed E-state index contributed by atoms with van der Waals surface area (Å²) in [5.41, 5.74) is 7.91. The second-order valence-electron chi connectivity index (χ2n) is 3.17. The van der Waals surface area contributed by atoms with E-state index in [9.17, 15) is 0 Å². The van der Waals surface area contributed by atoms with Crippen LogP contribution in [0.5, 0.6) is 0 Å². The van der Waals surface area contributed by atoms with Gasteiger partial charge in [-0.1, -0.05) is 6.07 Å². The summed E-state index contributed by atoms with van der Waals surface area (Å²) in [6.45, 7) is 0. The monoisotopic (exact) mass is 188 g/mol. The van der Waals surface area contributed by atoms with Gasteiger partial charge in [0.1, 0.15) is 5.82 Å². The molecule has 0 aromatic carbocycles. The van der Waals surface area contributed by atoms with Crippen molar-refractivity contribution in [1.82, 2.24) is 14.8 Å². The van der Waals surface area contributed by atoms with E-state index in [2.05, 4.69) is 10.1 Å². The van der Waals surface area contributed by atoms with Crippen LogP contribution in [0.3, 0.4) is 0 Å². The smallest absolute Gasteiger partial charge is 0.126 e. The summed E-state index contributed by atoms with van der Waals surface area (Å²) >= 11 is 0. The van der Waals surface area contributed by atoms with Gasteiger partial charge in [0.05, 0.1) is 0 Å². The topological polar surface area (TPSA) is 56.7 Å². The lowest BCUT2D eigenvalue weighted by Gasteiger charge is -2.04. The number of pyridine rings is 1. The van der Waals surface area contributed by atoms with Crippen molar-refractivity contribution in [3.8, 4) is 0 Å². The lowest BCUT2D eigenvalue weighted by molar-refractivity contribution is 0.724. The van der Waals surface area contributed by atoms with Crippen LogP contribution in [0.15, 0.2) is 30.6 Å². The minimum Gasteiger partial charge on any atom is -0.383 e. The molecule has 0 aliphatic rings. The fourth-order valence-electron chi connectivity index (χ4n) is 1.37. The molecule has 4 nitrogen and oxygen atoms in total. The van der Waals surface area contributed by atoms with Gasteiger partial charge in [0, 0.05) is 37.1 Å². The molecule has 0 aliphatic heterocycles. The first-order valence-corrected chi connectivity index (χ1v) is 4.43. The number of aromatic nitrogens is 3. The highest BCUT2D eigenvalue weighted by atomic mass is 15.2. The summed E-state index contributed by atoms with van der Waals surface area (Å²) in [7, 11) is 1.92. The highest BCUT2D eigenvalue weighted by Gasteiger charge is 2.03. The molecule has 0 atom stereocenters. The molecule has 0 amide bonds. The minimum atomic E-state index is 0.591. The van der Waals surface area contributed by atoms with Gasteiger partial charge in [-0.25, -0.2) is 4.98 Å². The van der Waals surface area contributed by atoms with E-state index in [0.29, 0.717) is 5.82 Å². The van der Waals surface area contributed by atoms with Crippen LogP contribution >= 0.6 is 0 Å². The van der Waals surface area contributed by atoms with Crippen LogP contribution in [0.25, 0.3) is 0 Å². The van der Waals surface area contributed by atoms with Crippen molar-refractivity contribution in [2.45, 2.75) is 6.42 Å². The summed E-state index contributed by atoms with van der Waals surface area (Å²) in [6.07, 6.45) is 4.25. The van der Waals surface area contributed by atoms with Gasteiger partial charge < -0.3 is 5.73 Å². The zero-order valence-electron chi connectivity index (χ0n) is 8.01. The van der Waals surface area contributed by atoms with Gasteiger partial charge in [0.2, 0.25) is 0 Å². The largest absolute Gasteiger partial charge is 0.383 e. The molecule has 0 bridgehead atoms. The highest BCUT2D eigenvalue weighted by molar-refractivity contribution is 5.40. The van der Waals surface area contributed by atoms with Crippen LogP contribution in [-0.4, -0.2) is 14.8 Å². The molecule has 0 aliphatic carbocycles. The summed E-state index contributed by atoms with van der Waals surface area (Å²) in [5, 5.41) is 4.10. The lowest BCUT2D eigenvalue weighted by atomic mass is 10.1. The van der Waals surface area contributed by atoms with E-state index in [1.165, 1.54) is 0 Å². The summed E-state index contributed by atoms with van der Waals surface area (Å²) in [6, 6.07) is 5.85. The van der Waals surface area contributed by atoms with Crippen LogP contribution in [0.4, 0.5) is 5.82 Å². The second kappa shape index (κ2) is 3.49. The number of rotatable bonds is 2. The molecule has 0 saturated carbocycles. The molecule has 0 radical (unpaired) electrons. The number of hydrogen-bond donors (Lipinski definition) is 1. The SMILES string of the molecule is Cn1nccc1Cc1cccnc1N. The Labute approximate surface area is 82.4 Å². The quantitative estimate of drug-likeness (QED) is 0.764. The molecule has 0 saturated heterocycles. The van der Waals surface area contributed by atoms with Crippen LogP contribution in [0.2, 0.25) is 0 Å². The van der Waals surface area contributed by atoms with Gasteiger partial charge >= 0.3 is 0 Å². The van der Waals surface area contributed by atoms with Gasteiger partial charge in [-0.2, -0.15) is 5.10 Å². The van der Waals surface area contributed by atoms with Crippen molar-refractivity contribution in [3.63, 3.8) is 0 Å². The van der Waals surface area contributed by atoms with Gasteiger partial charge in [-0.05, 0) is 12.1 Å². The first-order chi connectivity index (χ1) is 6.77. The molecule has 2 rings (SSSR count). The van der Waals surface area contributed by atoms with Crippen LogP contribution in [0.1, 0.15) is 11.3 Å². The molecule has 2 N–H and O–H groups in total. The summed E-state index contributed by atoms with van der Waals surface area (Å²) in [5.74, 6) is 0.591. The second-order valence-corrected chi connectivity index (χ2v) is 3.17. The predicted octanol–water partition coefficient (Wildman–Crippen LogP) is 0.988. The number of aryl methyl sites for hydroxylation is 1. The molecule has 0 unspecified atom stereocenters. The third kappa shape index (κ3) is 1.59. The summed E-state index contributed by atoms with van der Waals surface area (Å²) in [4.78, 5) is 4.04. The van der Waals surface area contributed by atoms with Crippen molar-refractivity contribution in [1.29, 1.82) is 0 Å². The first kappa shape index (κ1) is 8.74. The van der Waals surface area contributed by atoms with E-state index < -0.39 is 0 Å². The van der Waals surface area contributed by atoms with Crippen molar-refractivity contribution >= 4 is 5.82 Å². The van der Waals surface area contributed by atoms with Gasteiger partial charge in [-0.3, -0.25) is 4.68 Å². The van der Waals surface area contributed by atoms with Gasteiger partial charge in [0.15, 0.2) is 0 Å². The molecule has 0 fully saturated rings. The fourth-order valence-corrected chi connectivity index (χ4v) is 1.37. The Morgan fingerprint density at radius 3 is 2.86 bits per heavy atom. The number of nitrogens with two attached hydrogens (primary N) is 1. The van der Waals surface area contributed by atoms with Crippen LogP contribution in [0, 0.1) is 0 Å². The van der Waals surface area contributed by atoms with Crippen molar-refractivity contribution < 1.29 is 0 Å². The molecule has 4 heteroatoms. The Balaban J connectivity index is 2.28. The molecule has 2 aromatic rings. The van der Waals surface area contributed by atoms with Gasteiger partial charge in [-0.15, -0.1) is 0 Å². The van der Waals surface area contributed by atoms with Crippen LogP contribution < -0.4 is 5.73 Å². The molecule has 2 aromatic heterocycles. The Morgan fingerprint density at radius 1 is 1.36 bits per heavy atom. The van der Waals surface area contributed by atoms with E-state index in [-0.39, 0.29) is 0 Å². The number of anilines is 1. The maximum absolute atomic E-state index is 5.75. The van der Waals surface area contributed by atoms with E-state index in [4.69, 9.17) is 5.73 Å². The average Bonchev–Trinajstić information content (AvgIpc) is 2.56. The number of nitrogens with zero attached hydrogens (tertiary/aromatic N) is 3. The average molecular weight is 188 g/mol. The Morgan fingerprint density at radius 2 is 2.21 bits per heavy atom. The minimum absolute atomic E-state index is 0.591. The lowest BCUT2D eigenvalue weighted by Crippen LogP contribution is -2.02. The number of hydrogen-bond acceptors (Lipinski definition) is 3. The van der Waals surface area contributed by atoms with Crippen molar-refractivity contribution in [2.75, 3.05) is 5.73 Å². The van der Waals surface area contributed by atoms with E-state index in [0.717, 1.165) is 17.7 Å². The zero-order valence-corrected chi connectivity index (χ0v) is 8.01. The maximum atomic E-state index is 5.75. The third-order valence-electron chi connectivity index (χ3n) is 2.22. The van der Waals surface area contributed by atoms with E-state index >= 15 is 0 Å². The van der Waals surface area contributed by atoms with Crippen molar-refractivity contribution in [3.05, 3.63) is 41.9 Å². The molecule has 0 spiro atoms. The fraction of sp³-hybridized carbons (Fsp3) is 0.200. The normalized spacial score (nSPS) is 10.4. The van der Waals surface area contributed by atoms with Crippen LogP contribution in [-0.2, 0) is 13.5 Å². The molecular formula is C10H12N4. The van der Waals surface area contributed by atoms with E-state index in [1.54, 1.807) is 12.4 Å².